The SMILES string of the molecule is CCc1noc(Cn2c(C)ccc(C(=O)O)c2=O)n1. The summed E-state index contributed by atoms with van der Waals surface area (Å²) in [6, 6.07) is 2.86. The highest BCUT2D eigenvalue weighted by Crippen LogP contribution is 2.04. The van der Waals surface area contributed by atoms with Crippen LogP contribution in [0.25, 0.3) is 0 Å². The fraction of sp³-hybridized carbons (Fsp3) is 0.333. The van der Waals surface area contributed by atoms with E-state index in [0.717, 1.165) is 0 Å². The summed E-state index contributed by atoms with van der Waals surface area (Å²) >= 11 is 0. The Morgan fingerprint density at radius 3 is 2.79 bits per heavy atom. The zero-order chi connectivity index (χ0) is 14.0. The van der Waals surface area contributed by atoms with E-state index < -0.39 is 11.5 Å². The number of aromatic nitrogens is 3. The van der Waals surface area contributed by atoms with E-state index in [1.165, 1.54) is 10.6 Å². The van der Waals surface area contributed by atoms with Crippen molar-refractivity contribution in [3.05, 3.63) is 45.5 Å². The van der Waals surface area contributed by atoms with Crippen molar-refractivity contribution in [1.29, 1.82) is 0 Å². The van der Waals surface area contributed by atoms with Gasteiger partial charge in [-0.25, -0.2) is 4.79 Å². The van der Waals surface area contributed by atoms with Crippen molar-refractivity contribution in [1.82, 2.24) is 14.7 Å². The lowest BCUT2D eigenvalue weighted by Gasteiger charge is -2.07. The van der Waals surface area contributed by atoms with Gasteiger partial charge in [0.2, 0.25) is 5.89 Å². The number of hydrogen-bond donors (Lipinski definition) is 1. The van der Waals surface area contributed by atoms with E-state index >= 15 is 0 Å². The molecule has 1 N–H and O–H groups in total. The maximum absolute atomic E-state index is 12.0. The molecular formula is C12H13N3O4. The van der Waals surface area contributed by atoms with Crippen LogP contribution in [0.2, 0.25) is 0 Å². The van der Waals surface area contributed by atoms with Gasteiger partial charge < -0.3 is 14.2 Å². The topological polar surface area (TPSA) is 98.2 Å². The lowest BCUT2D eigenvalue weighted by Crippen LogP contribution is -2.28. The first-order valence-electron chi connectivity index (χ1n) is 5.78. The first-order chi connectivity index (χ1) is 9.02. The van der Waals surface area contributed by atoms with Gasteiger partial charge in [0.05, 0.1) is 0 Å². The molecule has 0 atom stereocenters. The van der Waals surface area contributed by atoms with Gasteiger partial charge >= 0.3 is 5.97 Å². The van der Waals surface area contributed by atoms with E-state index in [1.54, 1.807) is 13.0 Å². The van der Waals surface area contributed by atoms with Crippen LogP contribution in [0.5, 0.6) is 0 Å². The predicted octanol–water partition coefficient (Wildman–Crippen LogP) is 0.849. The molecule has 100 valence electrons. The monoisotopic (exact) mass is 263 g/mol. The molecule has 0 radical (unpaired) electrons. The highest BCUT2D eigenvalue weighted by atomic mass is 16.5. The second-order valence-electron chi connectivity index (χ2n) is 4.04. The highest BCUT2D eigenvalue weighted by molar-refractivity contribution is 5.87. The molecule has 0 saturated heterocycles. The molecule has 0 aromatic carbocycles. The number of aromatic carboxylic acids is 1. The van der Waals surface area contributed by atoms with Gasteiger partial charge in [0.1, 0.15) is 12.1 Å². The molecule has 0 aliphatic heterocycles. The average Bonchev–Trinajstić information content (AvgIpc) is 2.81. The van der Waals surface area contributed by atoms with Crippen molar-refractivity contribution in [3.63, 3.8) is 0 Å². The summed E-state index contributed by atoms with van der Waals surface area (Å²) in [5.74, 6) is -0.418. The van der Waals surface area contributed by atoms with Crippen molar-refractivity contribution in [3.8, 4) is 0 Å². The number of rotatable bonds is 4. The standard InChI is InChI=1S/C12H13N3O4/c1-3-9-13-10(19-14-9)6-15-7(2)4-5-8(11(15)16)12(17)18/h4-5H,3,6H2,1-2H3,(H,17,18). The summed E-state index contributed by atoms with van der Waals surface area (Å²) in [6.07, 6.45) is 0.631. The van der Waals surface area contributed by atoms with Crippen molar-refractivity contribution >= 4 is 5.97 Å². The largest absolute Gasteiger partial charge is 0.477 e. The van der Waals surface area contributed by atoms with E-state index in [0.29, 0.717) is 17.9 Å². The molecule has 0 unspecified atom stereocenters. The Kier molecular flexibility index (Phi) is 3.46. The normalized spacial score (nSPS) is 10.6. The molecule has 0 aliphatic rings. The smallest absolute Gasteiger partial charge is 0.341 e. The number of nitrogens with zero attached hydrogens (tertiary/aromatic N) is 3. The summed E-state index contributed by atoms with van der Waals surface area (Å²) in [7, 11) is 0. The first-order valence-corrected chi connectivity index (χ1v) is 5.78. The van der Waals surface area contributed by atoms with Crippen LogP contribution < -0.4 is 5.56 Å². The Balaban J connectivity index is 2.42. The molecule has 0 spiro atoms. The second-order valence-corrected chi connectivity index (χ2v) is 4.04. The maximum atomic E-state index is 12.0. The van der Waals surface area contributed by atoms with Gasteiger partial charge in [0.25, 0.3) is 5.56 Å². The van der Waals surface area contributed by atoms with Crippen molar-refractivity contribution in [2.75, 3.05) is 0 Å². The van der Waals surface area contributed by atoms with Gasteiger partial charge in [-0.05, 0) is 19.1 Å². The predicted molar refractivity (Wildman–Crippen MR) is 65.2 cm³/mol. The first kappa shape index (κ1) is 13.0. The third-order valence-corrected chi connectivity index (χ3v) is 2.74. The number of aryl methyl sites for hydroxylation is 2. The van der Waals surface area contributed by atoms with E-state index in [4.69, 9.17) is 9.63 Å². The van der Waals surface area contributed by atoms with Crippen LogP contribution >= 0.6 is 0 Å². The fourth-order valence-corrected chi connectivity index (χ4v) is 1.66. The number of carbonyl (C=O) groups is 1. The van der Waals surface area contributed by atoms with E-state index in [-0.39, 0.29) is 18.0 Å². The number of carboxylic acids is 1. The van der Waals surface area contributed by atoms with Crippen LogP contribution in [0.4, 0.5) is 0 Å². The van der Waals surface area contributed by atoms with Crippen molar-refractivity contribution in [2.45, 2.75) is 26.8 Å². The zero-order valence-corrected chi connectivity index (χ0v) is 10.6. The summed E-state index contributed by atoms with van der Waals surface area (Å²) in [5.41, 5.74) is -0.226. The van der Waals surface area contributed by atoms with E-state index in [1.807, 2.05) is 6.92 Å². The lowest BCUT2D eigenvalue weighted by molar-refractivity contribution is 0.0694. The Morgan fingerprint density at radius 2 is 2.21 bits per heavy atom. The zero-order valence-electron chi connectivity index (χ0n) is 10.6. The summed E-state index contributed by atoms with van der Waals surface area (Å²) in [6.45, 7) is 3.67. The number of hydrogen-bond acceptors (Lipinski definition) is 5. The molecule has 0 bridgehead atoms. The average molecular weight is 263 g/mol. The molecule has 2 aromatic heterocycles. The Hall–Kier alpha value is -2.44. The number of pyridine rings is 1. The van der Waals surface area contributed by atoms with Crippen LogP contribution in [0.1, 0.15) is 34.7 Å². The minimum Gasteiger partial charge on any atom is -0.477 e. The molecule has 2 rings (SSSR count). The molecule has 19 heavy (non-hydrogen) atoms. The minimum atomic E-state index is -1.25. The maximum Gasteiger partial charge on any atom is 0.341 e. The van der Waals surface area contributed by atoms with Gasteiger partial charge in [-0.2, -0.15) is 4.98 Å². The summed E-state index contributed by atoms with van der Waals surface area (Å²) in [5, 5.41) is 12.7. The van der Waals surface area contributed by atoms with Crippen LogP contribution in [-0.2, 0) is 13.0 Å². The molecule has 0 saturated carbocycles. The van der Waals surface area contributed by atoms with Gasteiger partial charge in [-0.15, -0.1) is 0 Å². The van der Waals surface area contributed by atoms with Crippen LogP contribution in [0, 0.1) is 6.92 Å². The van der Waals surface area contributed by atoms with Gasteiger partial charge in [0.15, 0.2) is 5.82 Å². The molecule has 2 aromatic rings. The summed E-state index contributed by atoms with van der Waals surface area (Å²) in [4.78, 5) is 27.0. The molecule has 0 amide bonds. The van der Waals surface area contributed by atoms with E-state index in [9.17, 15) is 9.59 Å². The van der Waals surface area contributed by atoms with E-state index in [2.05, 4.69) is 10.1 Å². The Morgan fingerprint density at radius 1 is 1.47 bits per heavy atom. The molecule has 7 nitrogen and oxygen atoms in total. The van der Waals surface area contributed by atoms with Gasteiger partial charge in [-0.1, -0.05) is 12.1 Å². The lowest BCUT2D eigenvalue weighted by atomic mass is 10.2. The third-order valence-electron chi connectivity index (χ3n) is 2.74. The summed E-state index contributed by atoms with van der Waals surface area (Å²) < 4.78 is 6.30. The quantitative estimate of drug-likeness (QED) is 0.878. The fourth-order valence-electron chi connectivity index (χ4n) is 1.66. The third kappa shape index (κ3) is 2.54. The van der Waals surface area contributed by atoms with Crippen LogP contribution in [0.15, 0.2) is 21.5 Å². The van der Waals surface area contributed by atoms with Crippen LogP contribution in [-0.4, -0.2) is 25.8 Å². The van der Waals surface area contributed by atoms with Gasteiger partial charge in [0, 0.05) is 12.1 Å². The molecular weight excluding hydrogens is 250 g/mol. The van der Waals surface area contributed by atoms with Crippen molar-refractivity contribution < 1.29 is 14.4 Å². The van der Waals surface area contributed by atoms with Crippen molar-refractivity contribution in [2.24, 2.45) is 0 Å². The van der Waals surface area contributed by atoms with Gasteiger partial charge in [-0.3, -0.25) is 4.79 Å². The molecule has 2 heterocycles. The molecule has 0 fully saturated rings. The highest BCUT2D eigenvalue weighted by Gasteiger charge is 2.14. The Bertz CT molecular complexity index is 672. The van der Waals surface area contributed by atoms with Crippen LogP contribution in [0.3, 0.4) is 0 Å². The number of carboxylic acid groups (broad SMARTS) is 1. The second kappa shape index (κ2) is 5.05. The minimum absolute atomic E-state index is 0.0682. The Labute approximate surface area is 108 Å². The molecule has 7 heteroatoms. The molecule has 0 aliphatic carbocycles.